The summed E-state index contributed by atoms with van der Waals surface area (Å²) < 4.78 is 5.64. The number of methoxy groups -OCH3 is 1. The average Bonchev–Trinajstić information content (AvgIpc) is 3.22. The molecule has 3 aliphatic rings. The van der Waals surface area contributed by atoms with Crippen molar-refractivity contribution in [2.45, 2.75) is 70.7 Å². The summed E-state index contributed by atoms with van der Waals surface area (Å²) in [6.45, 7) is 9.54. The lowest BCUT2D eigenvalue weighted by Crippen LogP contribution is -2.69. The van der Waals surface area contributed by atoms with Gasteiger partial charge in [0.25, 0.3) is 0 Å². The Kier molecular flexibility index (Phi) is 3.65. The Morgan fingerprint density at radius 3 is 2.58 bits per heavy atom. The first-order valence-corrected chi connectivity index (χ1v) is 8.09. The van der Waals surface area contributed by atoms with Crippen LogP contribution in [-0.2, 0) is 4.74 Å². The van der Waals surface area contributed by atoms with Crippen LogP contribution >= 0.6 is 0 Å². The molecule has 0 amide bonds. The maximum Gasteiger partial charge on any atom is 0.0652 e. The van der Waals surface area contributed by atoms with Gasteiger partial charge in [-0.1, -0.05) is 20.8 Å². The molecule has 3 heteroatoms. The van der Waals surface area contributed by atoms with Crippen LogP contribution in [0.3, 0.4) is 0 Å². The fourth-order valence-corrected chi connectivity index (χ4v) is 4.25. The van der Waals surface area contributed by atoms with Gasteiger partial charge in [-0.3, -0.25) is 4.90 Å². The van der Waals surface area contributed by atoms with Crippen LogP contribution in [0, 0.1) is 11.3 Å². The fourth-order valence-electron chi connectivity index (χ4n) is 4.25. The van der Waals surface area contributed by atoms with Gasteiger partial charge in [0.2, 0.25) is 0 Å². The van der Waals surface area contributed by atoms with E-state index in [4.69, 9.17) is 4.74 Å². The second kappa shape index (κ2) is 5.01. The second-order valence-corrected chi connectivity index (χ2v) is 7.41. The van der Waals surface area contributed by atoms with Crippen LogP contribution in [0.4, 0.5) is 0 Å². The van der Waals surface area contributed by atoms with Gasteiger partial charge in [-0.2, -0.15) is 0 Å². The number of nitrogens with one attached hydrogen (secondary N) is 1. The maximum atomic E-state index is 5.64. The number of hydrogen-bond donors (Lipinski definition) is 1. The predicted molar refractivity (Wildman–Crippen MR) is 78.3 cm³/mol. The van der Waals surface area contributed by atoms with Crippen LogP contribution in [-0.4, -0.2) is 49.3 Å². The highest BCUT2D eigenvalue weighted by atomic mass is 16.5. The first-order valence-electron chi connectivity index (χ1n) is 8.09. The molecule has 0 spiro atoms. The van der Waals surface area contributed by atoms with Crippen LogP contribution in [0.2, 0.25) is 0 Å². The first-order chi connectivity index (χ1) is 9.07. The third-order valence-electron chi connectivity index (χ3n) is 5.97. The van der Waals surface area contributed by atoms with Gasteiger partial charge in [-0.15, -0.1) is 0 Å². The van der Waals surface area contributed by atoms with Crippen LogP contribution in [0.5, 0.6) is 0 Å². The van der Waals surface area contributed by atoms with E-state index in [0.29, 0.717) is 17.6 Å². The first kappa shape index (κ1) is 13.8. The topological polar surface area (TPSA) is 24.5 Å². The molecule has 0 bridgehead atoms. The van der Waals surface area contributed by atoms with Crippen molar-refractivity contribution in [3.63, 3.8) is 0 Å². The molecule has 0 aromatic carbocycles. The number of hydrogen-bond acceptors (Lipinski definition) is 3. The number of nitrogens with zero attached hydrogens (tertiary/aromatic N) is 1. The fraction of sp³-hybridized carbons (Fsp3) is 1.00. The quantitative estimate of drug-likeness (QED) is 0.845. The monoisotopic (exact) mass is 266 g/mol. The van der Waals surface area contributed by atoms with Gasteiger partial charge < -0.3 is 10.1 Å². The molecule has 0 aromatic heterocycles. The molecule has 19 heavy (non-hydrogen) atoms. The standard InChI is InChI=1S/C16H30N2O/c1-5-12-9-17-13(11-6-7-11)10-18(12)14-8-15(19-4)16(14,2)3/h11-15,17H,5-10H2,1-4H3. The highest BCUT2D eigenvalue weighted by molar-refractivity contribution is 5.07. The van der Waals surface area contributed by atoms with E-state index < -0.39 is 0 Å². The number of rotatable bonds is 4. The molecule has 4 unspecified atom stereocenters. The van der Waals surface area contributed by atoms with Gasteiger partial charge in [0, 0.05) is 43.7 Å². The van der Waals surface area contributed by atoms with Gasteiger partial charge in [-0.25, -0.2) is 0 Å². The zero-order valence-corrected chi connectivity index (χ0v) is 13.0. The van der Waals surface area contributed by atoms with E-state index in [9.17, 15) is 0 Å². The lowest BCUT2D eigenvalue weighted by molar-refractivity contribution is -0.153. The SMILES string of the molecule is CCC1CNC(C2CC2)CN1C1CC(OC)C1(C)C. The molecule has 2 saturated carbocycles. The lowest BCUT2D eigenvalue weighted by Gasteiger charge is -2.59. The van der Waals surface area contributed by atoms with Crippen LogP contribution in [0.15, 0.2) is 0 Å². The Morgan fingerprint density at radius 2 is 2.05 bits per heavy atom. The summed E-state index contributed by atoms with van der Waals surface area (Å²) in [5.41, 5.74) is 0.313. The van der Waals surface area contributed by atoms with E-state index in [1.165, 1.54) is 38.8 Å². The van der Waals surface area contributed by atoms with E-state index in [0.717, 1.165) is 18.0 Å². The molecule has 2 aliphatic carbocycles. The van der Waals surface area contributed by atoms with E-state index in [1.54, 1.807) is 0 Å². The van der Waals surface area contributed by atoms with Crippen molar-refractivity contribution in [3.8, 4) is 0 Å². The highest BCUT2D eigenvalue weighted by Gasteiger charge is 2.53. The van der Waals surface area contributed by atoms with Crippen molar-refractivity contribution in [1.82, 2.24) is 10.2 Å². The molecule has 3 fully saturated rings. The van der Waals surface area contributed by atoms with Crippen molar-refractivity contribution in [2.24, 2.45) is 11.3 Å². The summed E-state index contributed by atoms with van der Waals surface area (Å²) in [6.07, 6.45) is 5.81. The molecule has 1 N–H and O–H groups in total. The zero-order valence-electron chi connectivity index (χ0n) is 13.0. The Hall–Kier alpha value is -0.120. The number of ether oxygens (including phenoxy) is 1. The van der Waals surface area contributed by atoms with Gasteiger partial charge in [0.15, 0.2) is 0 Å². The second-order valence-electron chi connectivity index (χ2n) is 7.41. The molecular weight excluding hydrogens is 236 g/mol. The maximum absolute atomic E-state index is 5.64. The van der Waals surface area contributed by atoms with Gasteiger partial charge in [-0.05, 0) is 31.6 Å². The van der Waals surface area contributed by atoms with E-state index in [1.807, 2.05) is 7.11 Å². The van der Waals surface area contributed by atoms with Crippen LogP contribution in [0.1, 0.15) is 46.5 Å². The smallest absolute Gasteiger partial charge is 0.0652 e. The third kappa shape index (κ3) is 2.34. The lowest BCUT2D eigenvalue weighted by atomic mass is 9.63. The van der Waals surface area contributed by atoms with Crippen molar-refractivity contribution < 1.29 is 4.74 Å². The van der Waals surface area contributed by atoms with Crippen LogP contribution < -0.4 is 5.32 Å². The molecule has 3 rings (SSSR count). The number of piperazine rings is 1. The average molecular weight is 266 g/mol. The minimum absolute atomic E-state index is 0.313. The Balaban J connectivity index is 1.69. The highest BCUT2D eigenvalue weighted by Crippen LogP contribution is 2.47. The molecule has 110 valence electrons. The summed E-state index contributed by atoms with van der Waals surface area (Å²) in [5, 5.41) is 3.79. The van der Waals surface area contributed by atoms with Crippen LogP contribution in [0.25, 0.3) is 0 Å². The van der Waals surface area contributed by atoms with Gasteiger partial charge >= 0.3 is 0 Å². The van der Waals surface area contributed by atoms with E-state index in [-0.39, 0.29) is 0 Å². The Bertz CT molecular complexity index is 327. The van der Waals surface area contributed by atoms with Crippen molar-refractivity contribution in [1.29, 1.82) is 0 Å². The molecule has 0 aromatic rings. The van der Waals surface area contributed by atoms with Gasteiger partial charge in [0.1, 0.15) is 0 Å². The molecule has 1 saturated heterocycles. The summed E-state index contributed by atoms with van der Waals surface area (Å²) >= 11 is 0. The van der Waals surface area contributed by atoms with Crippen molar-refractivity contribution in [3.05, 3.63) is 0 Å². The third-order valence-corrected chi connectivity index (χ3v) is 5.97. The van der Waals surface area contributed by atoms with E-state index >= 15 is 0 Å². The molecule has 1 aliphatic heterocycles. The summed E-state index contributed by atoms with van der Waals surface area (Å²) in [6, 6.07) is 2.18. The zero-order chi connectivity index (χ0) is 13.6. The van der Waals surface area contributed by atoms with Gasteiger partial charge in [0.05, 0.1) is 6.10 Å². The minimum Gasteiger partial charge on any atom is -0.381 e. The molecule has 3 nitrogen and oxygen atoms in total. The Morgan fingerprint density at radius 1 is 1.32 bits per heavy atom. The minimum atomic E-state index is 0.313. The Labute approximate surface area is 118 Å². The summed E-state index contributed by atoms with van der Waals surface area (Å²) in [5.74, 6) is 0.960. The molecule has 0 radical (unpaired) electrons. The summed E-state index contributed by atoms with van der Waals surface area (Å²) in [7, 11) is 1.87. The van der Waals surface area contributed by atoms with E-state index in [2.05, 4.69) is 31.0 Å². The van der Waals surface area contributed by atoms with Crippen molar-refractivity contribution >= 4 is 0 Å². The largest absolute Gasteiger partial charge is 0.381 e. The normalized spacial score (nSPS) is 42.9. The molecular formula is C16H30N2O. The predicted octanol–water partition coefficient (Wildman–Crippen LogP) is 2.26. The summed E-state index contributed by atoms with van der Waals surface area (Å²) in [4.78, 5) is 2.81. The molecule has 4 atom stereocenters. The van der Waals surface area contributed by atoms with Crippen molar-refractivity contribution in [2.75, 3.05) is 20.2 Å². The molecule has 1 heterocycles.